The Morgan fingerprint density at radius 1 is 0.842 bits per heavy atom. The molecule has 0 rings (SSSR count). The SMILES string of the molecule is NC(N)=S(=O)=O.NC(N)=S(=O)=O.O=S([O-])([O-])=S.[Na+].[Na+]. The summed E-state index contributed by atoms with van der Waals surface area (Å²) in [6, 6.07) is 0. The maximum atomic E-state index is 9.41. The fourth-order valence-electron chi connectivity index (χ4n) is 0. The summed E-state index contributed by atoms with van der Waals surface area (Å²) in [4.78, 5) is 0. The molecule has 0 aromatic heterocycles. The van der Waals surface area contributed by atoms with E-state index in [1.54, 1.807) is 0 Å². The zero-order chi connectivity index (χ0) is 14.8. The van der Waals surface area contributed by atoms with E-state index in [9.17, 15) is 16.8 Å². The van der Waals surface area contributed by atoms with Crippen molar-refractivity contribution < 1.29 is 89.3 Å². The zero-order valence-corrected chi connectivity index (χ0v) is 17.1. The number of rotatable bonds is 0. The third kappa shape index (κ3) is 66.1. The van der Waals surface area contributed by atoms with Crippen LogP contribution in [0.4, 0.5) is 0 Å². The standard InChI is InChI=1S/2CH4N2O2S.2Na.H2O3S2/c2*2-1(3)6(4)5;;;1-5(2,3)4/h2*2-3H2;;;(H2,1,2,3,4)/q;;2*+1;/p-2. The maximum Gasteiger partial charge on any atom is 1.00 e. The van der Waals surface area contributed by atoms with Crippen LogP contribution in [0.3, 0.4) is 0 Å². The quantitative estimate of drug-likeness (QED) is 0.228. The van der Waals surface area contributed by atoms with Crippen LogP contribution in [0.5, 0.6) is 0 Å². The van der Waals surface area contributed by atoms with Crippen LogP contribution in [0.1, 0.15) is 0 Å². The van der Waals surface area contributed by atoms with Gasteiger partial charge in [-0.15, -0.1) is 9.05 Å². The van der Waals surface area contributed by atoms with Gasteiger partial charge in [-0.05, 0) is 11.2 Å². The normalized spacial score (nSPS) is 7.89. The molecule has 0 aromatic carbocycles. The molecular formula is C2H8N4Na2O7S4. The van der Waals surface area contributed by atoms with E-state index in [0.29, 0.717) is 0 Å². The van der Waals surface area contributed by atoms with E-state index >= 15 is 0 Å². The van der Waals surface area contributed by atoms with Crippen LogP contribution in [0.15, 0.2) is 0 Å². The average Bonchev–Trinajstić information content (AvgIpc) is 2.01. The van der Waals surface area contributed by atoms with Crippen LogP contribution in [-0.4, -0.2) is 40.4 Å². The summed E-state index contributed by atoms with van der Waals surface area (Å²) in [7, 11) is -9.12. The van der Waals surface area contributed by atoms with Crippen molar-refractivity contribution >= 4 is 51.1 Å². The van der Waals surface area contributed by atoms with Crippen LogP contribution in [-0.2, 0) is 40.8 Å². The minimum Gasteiger partial charge on any atom is -0.780 e. The Morgan fingerprint density at radius 3 is 0.895 bits per heavy atom. The largest absolute Gasteiger partial charge is 1.00 e. The predicted octanol–water partition coefficient (Wildman–Crippen LogP) is -11.3. The molecule has 11 nitrogen and oxygen atoms in total. The zero-order valence-electron chi connectivity index (χ0n) is 9.80. The summed E-state index contributed by atoms with van der Waals surface area (Å²) < 4.78 is 64.3. The molecule has 0 aliphatic rings. The summed E-state index contributed by atoms with van der Waals surface area (Å²) in [5.74, 6) is 0. The molecule has 0 spiro atoms. The van der Waals surface area contributed by atoms with Gasteiger partial charge in [-0.3, -0.25) is 27.1 Å². The first kappa shape index (κ1) is 32.5. The third-order valence-corrected chi connectivity index (χ3v) is 1.15. The average molecular weight is 374 g/mol. The number of nitrogens with two attached hydrogens (primary N) is 4. The van der Waals surface area contributed by atoms with Gasteiger partial charge in [0.05, 0.1) is 0 Å². The van der Waals surface area contributed by atoms with E-state index in [2.05, 4.69) is 34.1 Å². The van der Waals surface area contributed by atoms with Crippen LogP contribution in [0.25, 0.3) is 0 Å². The van der Waals surface area contributed by atoms with Gasteiger partial charge >= 0.3 is 59.1 Å². The molecule has 0 atom stereocenters. The minimum absolute atomic E-state index is 0. The molecule has 19 heavy (non-hydrogen) atoms. The first-order valence-corrected chi connectivity index (χ1v) is 7.38. The Bertz CT molecular complexity index is 519. The third-order valence-electron chi connectivity index (χ3n) is 0.385. The first-order valence-electron chi connectivity index (χ1n) is 2.90. The van der Waals surface area contributed by atoms with Gasteiger partial charge in [0, 0.05) is 0 Å². The van der Waals surface area contributed by atoms with Gasteiger partial charge in [-0.2, -0.15) is 16.8 Å². The van der Waals surface area contributed by atoms with E-state index in [0.717, 1.165) is 0 Å². The second-order valence-electron chi connectivity index (χ2n) is 1.68. The first-order chi connectivity index (χ1) is 7.29. The fourth-order valence-corrected chi connectivity index (χ4v) is 0. The molecule has 0 radical (unpaired) electrons. The maximum absolute atomic E-state index is 9.41. The van der Waals surface area contributed by atoms with Crippen molar-refractivity contribution in [2.45, 2.75) is 0 Å². The topological polar surface area (TPSA) is 236 Å². The summed E-state index contributed by atoms with van der Waals surface area (Å²) in [6.07, 6.45) is 0. The van der Waals surface area contributed by atoms with Gasteiger partial charge in [-0.1, -0.05) is 0 Å². The molecule has 0 aliphatic carbocycles. The van der Waals surface area contributed by atoms with Gasteiger partial charge < -0.3 is 9.11 Å². The van der Waals surface area contributed by atoms with Crippen molar-refractivity contribution in [2.24, 2.45) is 22.9 Å². The Kier molecular flexibility index (Phi) is 30.0. The van der Waals surface area contributed by atoms with Crippen molar-refractivity contribution in [1.82, 2.24) is 0 Å². The summed E-state index contributed by atoms with van der Waals surface area (Å²) in [6.45, 7) is 0. The molecule has 0 bridgehead atoms. The fraction of sp³-hybridized carbons (Fsp3) is 0. The molecule has 0 aromatic rings. The number of hydrogen-bond donors (Lipinski definition) is 4. The predicted molar refractivity (Wildman–Crippen MR) is 61.7 cm³/mol. The van der Waals surface area contributed by atoms with E-state index < -0.39 is 39.9 Å². The van der Waals surface area contributed by atoms with Crippen LogP contribution >= 0.6 is 0 Å². The van der Waals surface area contributed by atoms with Crippen LogP contribution in [0.2, 0.25) is 0 Å². The molecule has 8 N–H and O–H groups in total. The molecule has 0 aliphatic heterocycles. The smallest absolute Gasteiger partial charge is 0.780 e. The van der Waals surface area contributed by atoms with E-state index in [-0.39, 0.29) is 59.1 Å². The summed E-state index contributed by atoms with van der Waals surface area (Å²) in [5.41, 5.74) is 18.1. The van der Waals surface area contributed by atoms with Gasteiger partial charge in [0.25, 0.3) is 0 Å². The van der Waals surface area contributed by atoms with Crippen molar-refractivity contribution in [3.63, 3.8) is 0 Å². The minimum atomic E-state index is -4.33. The van der Waals surface area contributed by atoms with Gasteiger partial charge in [0.1, 0.15) is 0 Å². The monoisotopic (exact) mass is 374 g/mol. The Labute approximate surface area is 161 Å². The molecular weight excluding hydrogens is 366 g/mol. The molecule has 0 fully saturated rings. The number of hydrogen-bond acceptors (Lipinski definition) is 8. The van der Waals surface area contributed by atoms with Gasteiger partial charge in [-0.25, -0.2) is 0 Å². The molecule has 0 amide bonds. The Hall–Kier alpha value is 1.51. The van der Waals surface area contributed by atoms with E-state index in [1.807, 2.05) is 0 Å². The molecule has 17 heteroatoms. The van der Waals surface area contributed by atoms with Gasteiger partial charge in [0.2, 0.25) is 20.6 Å². The van der Waals surface area contributed by atoms with E-state index in [4.69, 9.17) is 13.3 Å². The van der Waals surface area contributed by atoms with Gasteiger partial charge in [0.15, 0.2) is 10.2 Å². The second-order valence-corrected chi connectivity index (χ2v) is 5.61. The second kappa shape index (κ2) is 17.6. The molecule has 0 saturated heterocycles. The molecule has 104 valence electrons. The molecule has 0 unspecified atom stereocenters. The van der Waals surface area contributed by atoms with Crippen molar-refractivity contribution in [3.8, 4) is 0 Å². The van der Waals surface area contributed by atoms with Crippen molar-refractivity contribution in [3.05, 3.63) is 0 Å². The molecule has 0 heterocycles. The molecule has 0 saturated carbocycles. The Morgan fingerprint density at radius 2 is 0.895 bits per heavy atom. The van der Waals surface area contributed by atoms with Crippen molar-refractivity contribution in [2.75, 3.05) is 0 Å². The Balaban J connectivity index is -0.0000000492. The van der Waals surface area contributed by atoms with Crippen LogP contribution in [0, 0.1) is 0 Å². The summed E-state index contributed by atoms with van der Waals surface area (Å²) in [5, 5.41) is -1.15. The van der Waals surface area contributed by atoms with Crippen molar-refractivity contribution in [1.29, 1.82) is 0 Å². The van der Waals surface area contributed by atoms with E-state index in [1.165, 1.54) is 0 Å². The van der Waals surface area contributed by atoms with Crippen LogP contribution < -0.4 is 82.0 Å². The summed E-state index contributed by atoms with van der Waals surface area (Å²) >= 11 is 3.24.